The van der Waals surface area contributed by atoms with Crippen molar-refractivity contribution >= 4 is 22.9 Å². The topological polar surface area (TPSA) is 73.3 Å². The highest BCUT2D eigenvalue weighted by atomic mass is 32.1. The summed E-state index contributed by atoms with van der Waals surface area (Å²) < 4.78 is 10.6. The number of hydrogen-bond acceptors (Lipinski definition) is 6. The first kappa shape index (κ1) is 20.6. The maximum absolute atomic E-state index is 12.6. The average molecular weight is 432 g/mol. The van der Waals surface area contributed by atoms with Gasteiger partial charge >= 0.3 is 0 Å². The number of carbonyl (C=O) groups is 1. The van der Waals surface area contributed by atoms with E-state index < -0.39 is 0 Å². The second-order valence-electron chi connectivity index (χ2n) is 6.75. The number of anilines is 1. The van der Waals surface area contributed by atoms with Crippen molar-refractivity contribution in [3.8, 4) is 33.5 Å². The van der Waals surface area contributed by atoms with Crippen molar-refractivity contribution in [2.24, 2.45) is 0 Å². The van der Waals surface area contributed by atoms with Crippen molar-refractivity contribution in [3.05, 3.63) is 77.8 Å². The summed E-state index contributed by atoms with van der Waals surface area (Å²) in [6.07, 6.45) is 1.98. The Balaban J connectivity index is 1.46. The van der Waals surface area contributed by atoms with Gasteiger partial charge in [-0.05, 0) is 42.0 Å². The molecule has 0 radical (unpaired) electrons. The monoisotopic (exact) mass is 431 g/mol. The Hall–Kier alpha value is -3.71. The molecule has 2 aromatic heterocycles. The number of thiazole rings is 1. The van der Waals surface area contributed by atoms with E-state index in [1.54, 1.807) is 37.8 Å². The zero-order valence-corrected chi connectivity index (χ0v) is 18.0. The summed E-state index contributed by atoms with van der Waals surface area (Å²) in [7, 11) is 3.16. The van der Waals surface area contributed by atoms with Crippen LogP contribution in [0.5, 0.6) is 11.5 Å². The lowest BCUT2D eigenvalue weighted by Crippen LogP contribution is -2.14. The van der Waals surface area contributed by atoms with Gasteiger partial charge in [-0.3, -0.25) is 9.78 Å². The number of rotatable bonds is 7. The quantitative estimate of drug-likeness (QED) is 0.442. The second kappa shape index (κ2) is 9.40. The highest BCUT2D eigenvalue weighted by Crippen LogP contribution is 2.30. The molecule has 1 N–H and O–H groups in total. The molecular weight excluding hydrogens is 410 g/mol. The first-order valence-corrected chi connectivity index (χ1v) is 10.5. The Morgan fingerprint density at radius 2 is 1.84 bits per heavy atom. The highest BCUT2D eigenvalue weighted by Gasteiger charge is 2.11. The Morgan fingerprint density at radius 1 is 0.968 bits per heavy atom. The van der Waals surface area contributed by atoms with E-state index in [9.17, 15) is 4.79 Å². The Morgan fingerprint density at radius 3 is 2.61 bits per heavy atom. The van der Waals surface area contributed by atoms with Crippen LogP contribution in [-0.4, -0.2) is 30.1 Å². The lowest BCUT2D eigenvalue weighted by molar-refractivity contribution is -0.115. The number of methoxy groups -OCH3 is 2. The van der Waals surface area contributed by atoms with E-state index in [4.69, 9.17) is 14.5 Å². The summed E-state index contributed by atoms with van der Waals surface area (Å²) >= 11 is 1.54. The van der Waals surface area contributed by atoms with Gasteiger partial charge in [0.15, 0.2) is 11.5 Å². The van der Waals surface area contributed by atoms with Crippen LogP contribution < -0.4 is 14.8 Å². The van der Waals surface area contributed by atoms with Crippen LogP contribution in [0.15, 0.2) is 72.2 Å². The molecular formula is C24H21N3O3S. The molecule has 1 amide bonds. The van der Waals surface area contributed by atoms with E-state index in [2.05, 4.69) is 10.3 Å². The molecule has 0 atom stereocenters. The summed E-state index contributed by atoms with van der Waals surface area (Å²) in [4.78, 5) is 21.6. The number of nitrogens with one attached hydrogen (secondary N) is 1. The predicted molar refractivity (Wildman–Crippen MR) is 123 cm³/mol. The zero-order valence-electron chi connectivity index (χ0n) is 17.2. The first-order valence-electron chi connectivity index (χ1n) is 9.64. The maximum atomic E-state index is 12.6. The van der Waals surface area contributed by atoms with Crippen molar-refractivity contribution in [3.63, 3.8) is 0 Å². The van der Waals surface area contributed by atoms with Crippen LogP contribution >= 0.6 is 11.3 Å². The average Bonchev–Trinajstić information content (AvgIpc) is 3.30. The van der Waals surface area contributed by atoms with Crippen LogP contribution in [0, 0.1) is 0 Å². The fourth-order valence-corrected chi connectivity index (χ4v) is 3.96. The molecule has 7 heteroatoms. The van der Waals surface area contributed by atoms with Crippen LogP contribution in [0.3, 0.4) is 0 Å². The molecule has 0 bridgehead atoms. The standard InChI is InChI=1S/C24H21N3O3S/c1-29-21-10-9-16(12-22(21)30-2)13-23(28)26-18-7-5-6-17(14-18)20-15-31-24(27-20)19-8-3-4-11-25-19/h3-12,14-15H,13H2,1-2H3,(H,26,28). The third-order valence-electron chi connectivity index (χ3n) is 4.64. The Kier molecular flexibility index (Phi) is 6.24. The van der Waals surface area contributed by atoms with E-state index in [0.717, 1.165) is 33.2 Å². The number of benzene rings is 2. The molecule has 2 heterocycles. The fourth-order valence-electron chi connectivity index (χ4n) is 3.15. The number of nitrogens with zero attached hydrogens (tertiary/aromatic N) is 2. The predicted octanol–water partition coefficient (Wildman–Crippen LogP) is 5.07. The van der Waals surface area contributed by atoms with Gasteiger partial charge in [0, 0.05) is 22.8 Å². The summed E-state index contributed by atoms with van der Waals surface area (Å²) in [5.74, 6) is 1.12. The minimum atomic E-state index is -0.114. The molecule has 2 aromatic carbocycles. The Bertz CT molecular complexity index is 1190. The molecule has 0 unspecified atom stereocenters. The van der Waals surface area contributed by atoms with E-state index in [0.29, 0.717) is 11.5 Å². The number of amides is 1. The first-order chi connectivity index (χ1) is 15.2. The summed E-state index contributed by atoms with van der Waals surface area (Å²) in [5.41, 5.74) is 4.18. The van der Waals surface area contributed by atoms with Crippen molar-refractivity contribution < 1.29 is 14.3 Å². The molecule has 0 saturated heterocycles. The van der Waals surface area contributed by atoms with Gasteiger partial charge in [-0.15, -0.1) is 11.3 Å². The van der Waals surface area contributed by atoms with Gasteiger partial charge in [0.25, 0.3) is 0 Å². The summed E-state index contributed by atoms with van der Waals surface area (Å²) in [6, 6.07) is 18.9. The SMILES string of the molecule is COc1ccc(CC(=O)Nc2cccc(-c3csc(-c4ccccn4)n3)c2)cc1OC. The van der Waals surface area contributed by atoms with Crippen LogP contribution in [0.25, 0.3) is 22.0 Å². The van der Waals surface area contributed by atoms with E-state index in [-0.39, 0.29) is 12.3 Å². The van der Waals surface area contributed by atoms with Gasteiger partial charge in [0.2, 0.25) is 5.91 Å². The zero-order chi connectivity index (χ0) is 21.6. The molecule has 0 aliphatic carbocycles. The van der Waals surface area contributed by atoms with Gasteiger partial charge in [-0.2, -0.15) is 0 Å². The van der Waals surface area contributed by atoms with E-state index in [1.807, 2.05) is 60.0 Å². The molecule has 4 rings (SSSR count). The van der Waals surface area contributed by atoms with Crippen LogP contribution in [0.2, 0.25) is 0 Å². The van der Waals surface area contributed by atoms with Crippen LogP contribution in [-0.2, 0) is 11.2 Å². The van der Waals surface area contributed by atoms with Crippen molar-refractivity contribution in [1.82, 2.24) is 9.97 Å². The van der Waals surface area contributed by atoms with E-state index in [1.165, 1.54) is 0 Å². The molecule has 156 valence electrons. The van der Waals surface area contributed by atoms with Crippen molar-refractivity contribution in [2.45, 2.75) is 6.42 Å². The summed E-state index contributed by atoms with van der Waals surface area (Å²) in [5, 5.41) is 5.81. The molecule has 0 fully saturated rings. The lowest BCUT2D eigenvalue weighted by Gasteiger charge is -2.10. The minimum absolute atomic E-state index is 0.114. The molecule has 6 nitrogen and oxygen atoms in total. The molecule has 0 saturated carbocycles. The fraction of sp³-hybridized carbons (Fsp3) is 0.125. The third kappa shape index (κ3) is 4.90. The number of pyridine rings is 1. The van der Waals surface area contributed by atoms with Gasteiger partial charge < -0.3 is 14.8 Å². The van der Waals surface area contributed by atoms with Crippen LogP contribution in [0.1, 0.15) is 5.56 Å². The number of hydrogen-bond donors (Lipinski definition) is 1. The van der Waals surface area contributed by atoms with Gasteiger partial charge in [0.05, 0.1) is 32.0 Å². The maximum Gasteiger partial charge on any atom is 0.228 e. The Labute approximate surface area is 184 Å². The molecule has 4 aromatic rings. The van der Waals surface area contributed by atoms with Crippen molar-refractivity contribution in [1.29, 1.82) is 0 Å². The van der Waals surface area contributed by atoms with Gasteiger partial charge in [-0.25, -0.2) is 4.98 Å². The van der Waals surface area contributed by atoms with Gasteiger partial charge in [-0.1, -0.05) is 24.3 Å². The molecule has 0 aliphatic rings. The lowest BCUT2D eigenvalue weighted by atomic mass is 10.1. The number of carbonyl (C=O) groups excluding carboxylic acids is 1. The normalized spacial score (nSPS) is 10.5. The van der Waals surface area contributed by atoms with E-state index >= 15 is 0 Å². The van der Waals surface area contributed by atoms with Crippen LogP contribution in [0.4, 0.5) is 5.69 Å². The number of ether oxygens (including phenoxy) is 2. The third-order valence-corrected chi connectivity index (χ3v) is 5.51. The summed E-state index contributed by atoms with van der Waals surface area (Å²) in [6.45, 7) is 0. The molecule has 0 aliphatic heterocycles. The number of aromatic nitrogens is 2. The van der Waals surface area contributed by atoms with Gasteiger partial charge in [0.1, 0.15) is 5.01 Å². The second-order valence-corrected chi connectivity index (χ2v) is 7.61. The smallest absolute Gasteiger partial charge is 0.228 e. The molecule has 31 heavy (non-hydrogen) atoms. The van der Waals surface area contributed by atoms with Crippen molar-refractivity contribution in [2.75, 3.05) is 19.5 Å². The largest absolute Gasteiger partial charge is 0.493 e. The highest BCUT2D eigenvalue weighted by molar-refractivity contribution is 7.13. The molecule has 0 spiro atoms. The minimum Gasteiger partial charge on any atom is -0.493 e.